The van der Waals surface area contributed by atoms with E-state index in [9.17, 15) is 4.79 Å². The van der Waals surface area contributed by atoms with Gasteiger partial charge in [0.15, 0.2) is 0 Å². The Morgan fingerprint density at radius 1 is 1.85 bits per heavy atom. The number of hydrogen-bond donors (Lipinski definition) is 1. The van der Waals surface area contributed by atoms with Gasteiger partial charge in [0.1, 0.15) is 0 Å². The maximum atomic E-state index is 10.7. The first-order chi connectivity index (χ1) is 5.97. The number of nitrogens with zero attached hydrogens (tertiary/aromatic N) is 1. The summed E-state index contributed by atoms with van der Waals surface area (Å²) in [5.74, 6) is 0.307. The second kappa shape index (κ2) is 3.72. The molecule has 4 nitrogen and oxygen atoms in total. The minimum Gasteiger partial charge on any atom is -0.465 e. The monoisotopic (exact) mass is 207 g/mol. The number of morpholine rings is 1. The summed E-state index contributed by atoms with van der Waals surface area (Å²) in [7, 11) is 0. The van der Waals surface area contributed by atoms with Crippen LogP contribution in [0.3, 0.4) is 0 Å². The summed E-state index contributed by atoms with van der Waals surface area (Å²) in [6.45, 7) is 4.43. The molecule has 0 bridgehead atoms. The summed E-state index contributed by atoms with van der Waals surface area (Å²) in [5, 5.41) is 8.81. The van der Waals surface area contributed by atoms with Gasteiger partial charge < -0.3 is 14.7 Å². The van der Waals surface area contributed by atoms with Crippen LogP contribution in [-0.4, -0.2) is 46.8 Å². The van der Waals surface area contributed by atoms with Gasteiger partial charge in [-0.25, -0.2) is 4.79 Å². The molecule has 0 aliphatic carbocycles. The third-order valence-electron chi connectivity index (χ3n) is 2.04. The van der Waals surface area contributed by atoms with E-state index in [0.717, 1.165) is 0 Å². The molecule has 2 atom stereocenters. The number of ether oxygens (including phenoxy) is 1. The van der Waals surface area contributed by atoms with Gasteiger partial charge in [0.25, 0.3) is 0 Å². The van der Waals surface area contributed by atoms with Crippen molar-refractivity contribution in [3.05, 3.63) is 0 Å². The molecular weight excluding hydrogens is 194 g/mol. The Bertz CT molecular complexity index is 212. The second-order valence-corrected chi connectivity index (χ2v) is 3.94. The average molecular weight is 208 g/mol. The Morgan fingerprint density at radius 3 is 2.92 bits per heavy atom. The van der Waals surface area contributed by atoms with E-state index in [4.69, 9.17) is 21.4 Å². The van der Waals surface area contributed by atoms with Crippen molar-refractivity contribution in [3.63, 3.8) is 0 Å². The predicted octanol–water partition coefficient (Wildman–Crippen LogP) is 1.38. The van der Waals surface area contributed by atoms with Gasteiger partial charge in [0.05, 0.1) is 30.7 Å². The number of rotatable bonds is 1. The number of halogens is 1. The molecule has 1 saturated heterocycles. The molecule has 1 rings (SSSR count). The van der Waals surface area contributed by atoms with Crippen LogP contribution in [0.25, 0.3) is 0 Å². The number of carboxylic acid groups (broad SMARTS) is 1. The van der Waals surface area contributed by atoms with Gasteiger partial charge in [-0.2, -0.15) is 0 Å². The van der Waals surface area contributed by atoms with Crippen LogP contribution >= 0.6 is 11.6 Å². The van der Waals surface area contributed by atoms with Gasteiger partial charge in [0.2, 0.25) is 0 Å². The van der Waals surface area contributed by atoms with Gasteiger partial charge in [-0.15, -0.1) is 11.6 Å². The zero-order valence-corrected chi connectivity index (χ0v) is 8.54. The van der Waals surface area contributed by atoms with Crippen molar-refractivity contribution in [1.82, 2.24) is 4.90 Å². The van der Waals surface area contributed by atoms with Crippen LogP contribution in [0.1, 0.15) is 13.8 Å². The van der Waals surface area contributed by atoms with Gasteiger partial charge in [0, 0.05) is 0 Å². The topological polar surface area (TPSA) is 49.8 Å². The summed E-state index contributed by atoms with van der Waals surface area (Å²) in [6, 6.07) is 0. The molecule has 0 radical (unpaired) electrons. The van der Waals surface area contributed by atoms with Crippen LogP contribution < -0.4 is 0 Å². The first-order valence-electron chi connectivity index (χ1n) is 4.18. The van der Waals surface area contributed by atoms with Gasteiger partial charge >= 0.3 is 6.09 Å². The molecule has 1 amide bonds. The number of amides is 1. The Hall–Kier alpha value is -0.480. The maximum absolute atomic E-state index is 10.7. The molecule has 1 aliphatic rings. The van der Waals surface area contributed by atoms with Crippen LogP contribution in [0.5, 0.6) is 0 Å². The summed E-state index contributed by atoms with van der Waals surface area (Å²) in [4.78, 5) is 12.1. The molecule has 0 aromatic carbocycles. The SMILES string of the molecule is C[C@@H]1CN(C(=O)O)C[C@@](C)(CCl)O1. The smallest absolute Gasteiger partial charge is 0.407 e. The fraction of sp³-hybridized carbons (Fsp3) is 0.875. The largest absolute Gasteiger partial charge is 0.465 e. The molecule has 13 heavy (non-hydrogen) atoms. The molecule has 1 aliphatic heterocycles. The van der Waals surface area contributed by atoms with E-state index in [-0.39, 0.29) is 6.10 Å². The van der Waals surface area contributed by atoms with E-state index in [1.54, 1.807) is 0 Å². The molecular formula is C8H14ClNO3. The molecule has 0 spiro atoms. The number of hydrogen-bond acceptors (Lipinski definition) is 2. The average Bonchev–Trinajstić information content (AvgIpc) is 2.03. The van der Waals surface area contributed by atoms with Crippen LogP contribution in [0.15, 0.2) is 0 Å². The standard InChI is InChI=1S/C8H14ClNO3/c1-6-3-10(7(11)12)5-8(2,4-9)13-6/h6H,3-5H2,1-2H3,(H,11,12)/t6-,8-/m1/s1. The molecule has 76 valence electrons. The lowest BCUT2D eigenvalue weighted by molar-refractivity contribution is -0.118. The molecule has 0 aromatic rings. The third kappa shape index (κ3) is 2.48. The predicted molar refractivity (Wildman–Crippen MR) is 49.3 cm³/mol. The third-order valence-corrected chi connectivity index (χ3v) is 2.61. The van der Waals surface area contributed by atoms with E-state index in [0.29, 0.717) is 19.0 Å². The van der Waals surface area contributed by atoms with Crippen LogP contribution in [0.2, 0.25) is 0 Å². The van der Waals surface area contributed by atoms with Crippen molar-refractivity contribution < 1.29 is 14.6 Å². The Morgan fingerprint density at radius 2 is 2.46 bits per heavy atom. The first kappa shape index (κ1) is 10.6. The molecule has 5 heteroatoms. The lowest BCUT2D eigenvalue weighted by Gasteiger charge is -2.41. The summed E-state index contributed by atoms with van der Waals surface area (Å²) in [6.07, 6.45) is -1.000. The summed E-state index contributed by atoms with van der Waals surface area (Å²) < 4.78 is 5.57. The lowest BCUT2D eigenvalue weighted by Crippen LogP contribution is -2.55. The lowest BCUT2D eigenvalue weighted by atomic mass is 10.1. The summed E-state index contributed by atoms with van der Waals surface area (Å²) in [5.41, 5.74) is -0.544. The van der Waals surface area contributed by atoms with Crippen LogP contribution in [0.4, 0.5) is 4.79 Å². The second-order valence-electron chi connectivity index (χ2n) is 3.68. The highest BCUT2D eigenvalue weighted by atomic mass is 35.5. The fourth-order valence-electron chi connectivity index (χ4n) is 1.56. The van der Waals surface area contributed by atoms with Crippen molar-refractivity contribution >= 4 is 17.7 Å². The minimum absolute atomic E-state index is 0.0893. The van der Waals surface area contributed by atoms with Crippen molar-refractivity contribution in [2.45, 2.75) is 25.6 Å². The summed E-state index contributed by atoms with van der Waals surface area (Å²) >= 11 is 5.71. The molecule has 0 unspecified atom stereocenters. The van der Waals surface area contributed by atoms with Crippen LogP contribution in [0, 0.1) is 0 Å². The maximum Gasteiger partial charge on any atom is 0.407 e. The molecule has 1 fully saturated rings. The minimum atomic E-state index is -0.911. The van der Waals surface area contributed by atoms with Crippen molar-refractivity contribution in [2.75, 3.05) is 19.0 Å². The van der Waals surface area contributed by atoms with Gasteiger partial charge in [-0.1, -0.05) is 0 Å². The molecule has 1 N–H and O–H groups in total. The van der Waals surface area contributed by atoms with E-state index in [1.807, 2.05) is 13.8 Å². The molecule has 0 saturated carbocycles. The number of alkyl halides is 1. The van der Waals surface area contributed by atoms with E-state index < -0.39 is 11.7 Å². The Kier molecular flexibility index (Phi) is 3.03. The fourth-order valence-corrected chi connectivity index (χ4v) is 1.71. The highest BCUT2D eigenvalue weighted by Crippen LogP contribution is 2.22. The van der Waals surface area contributed by atoms with Crippen LogP contribution in [-0.2, 0) is 4.74 Å². The zero-order chi connectivity index (χ0) is 10.1. The first-order valence-corrected chi connectivity index (χ1v) is 4.72. The highest BCUT2D eigenvalue weighted by molar-refractivity contribution is 6.18. The Labute approximate surface area is 82.4 Å². The quantitative estimate of drug-likeness (QED) is 0.661. The Balaban J connectivity index is 2.68. The number of carbonyl (C=O) groups is 1. The van der Waals surface area contributed by atoms with E-state index in [1.165, 1.54) is 4.90 Å². The zero-order valence-electron chi connectivity index (χ0n) is 7.79. The van der Waals surface area contributed by atoms with E-state index in [2.05, 4.69) is 0 Å². The van der Waals surface area contributed by atoms with Crippen molar-refractivity contribution in [2.24, 2.45) is 0 Å². The van der Waals surface area contributed by atoms with Crippen molar-refractivity contribution in [1.29, 1.82) is 0 Å². The van der Waals surface area contributed by atoms with E-state index >= 15 is 0 Å². The normalized spacial score (nSPS) is 34.7. The highest BCUT2D eigenvalue weighted by Gasteiger charge is 2.36. The van der Waals surface area contributed by atoms with Gasteiger partial charge in [-0.3, -0.25) is 0 Å². The van der Waals surface area contributed by atoms with Gasteiger partial charge in [-0.05, 0) is 13.8 Å². The molecule has 0 aromatic heterocycles. The van der Waals surface area contributed by atoms with Crippen molar-refractivity contribution in [3.8, 4) is 0 Å². The molecule has 1 heterocycles.